The molecular weight excluding hydrogens is 248 g/mol. The molecule has 1 saturated heterocycles. The molecule has 1 heterocycles. The van der Waals surface area contributed by atoms with Gasteiger partial charge in [0.1, 0.15) is 0 Å². The average Bonchev–Trinajstić information content (AvgIpc) is 2.85. The Balaban J connectivity index is 2.10. The van der Waals surface area contributed by atoms with Gasteiger partial charge >= 0.3 is 6.03 Å². The highest BCUT2D eigenvalue weighted by Gasteiger charge is 2.26. The Morgan fingerprint density at radius 3 is 2.58 bits per heavy atom. The zero-order chi connectivity index (χ0) is 13.8. The Morgan fingerprint density at radius 1 is 1.26 bits per heavy atom. The van der Waals surface area contributed by atoms with Gasteiger partial charge in [0, 0.05) is 24.7 Å². The van der Waals surface area contributed by atoms with Crippen molar-refractivity contribution in [3.63, 3.8) is 0 Å². The van der Waals surface area contributed by atoms with E-state index >= 15 is 0 Å². The van der Waals surface area contributed by atoms with Crippen LogP contribution in [0.1, 0.15) is 12.8 Å². The maximum absolute atomic E-state index is 11.9. The van der Waals surface area contributed by atoms with Crippen LogP contribution >= 0.6 is 0 Å². The largest absolute Gasteiger partial charge is 0.493 e. The van der Waals surface area contributed by atoms with E-state index in [1.54, 1.807) is 25.3 Å². The van der Waals surface area contributed by atoms with Crippen molar-refractivity contribution >= 4 is 17.6 Å². The number of rotatable bonds is 3. The zero-order valence-corrected chi connectivity index (χ0v) is 10.9. The van der Waals surface area contributed by atoms with Crippen molar-refractivity contribution in [2.45, 2.75) is 12.8 Å². The van der Waals surface area contributed by atoms with Crippen molar-refractivity contribution in [2.24, 2.45) is 0 Å². The van der Waals surface area contributed by atoms with Gasteiger partial charge in [0.2, 0.25) is 5.91 Å². The number of methoxy groups -OCH3 is 2. The fraction of sp³-hybridized carbons (Fsp3) is 0.385. The van der Waals surface area contributed by atoms with E-state index in [4.69, 9.17) is 9.47 Å². The summed E-state index contributed by atoms with van der Waals surface area (Å²) in [6.07, 6.45) is 1.15. The van der Waals surface area contributed by atoms with Crippen LogP contribution in [0.15, 0.2) is 18.2 Å². The third-order valence-electron chi connectivity index (χ3n) is 2.95. The lowest BCUT2D eigenvalue weighted by Gasteiger charge is -2.15. The number of benzene rings is 1. The molecule has 102 valence electrons. The smallest absolute Gasteiger partial charge is 0.328 e. The number of carbonyl (C=O) groups excluding carboxylic acids is 2. The van der Waals surface area contributed by atoms with Gasteiger partial charge < -0.3 is 14.8 Å². The molecule has 2 rings (SSSR count). The fourth-order valence-electron chi connectivity index (χ4n) is 1.97. The fourth-order valence-corrected chi connectivity index (χ4v) is 1.97. The summed E-state index contributed by atoms with van der Waals surface area (Å²) in [7, 11) is 3.06. The lowest BCUT2D eigenvalue weighted by atomic mass is 10.3. The van der Waals surface area contributed by atoms with Crippen molar-refractivity contribution in [1.29, 1.82) is 0 Å². The molecule has 6 heteroatoms. The highest BCUT2D eigenvalue weighted by Crippen LogP contribution is 2.29. The lowest BCUT2D eigenvalue weighted by Crippen LogP contribution is -2.35. The van der Waals surface area contributed by atoms with Crippen LogP contribution in [-0.4, -0.2) is 37.6 Å². The summed E-state index contributed by atoms with van der Waals surface area (Å²) in [6, 6.07) is 4.63. The molecule has 0 spiro atoms. The number of nitrogens with one attached hydrogen (secondary N) is 1. The van der Waals surface area contributed by atoms with E-state index in [2.05, 4.69) is 5.32 Å². The number of nitrogens with zero attached hydrogens (tertiary/aromatic N) is 1. The van der Waals surface area contributed by atoms with Crippen LogP contribution < -0.4 is 14.8 Å². The molecular formula is C13H16N2O4. The van der Waals surface area contributed by atoms with Gasteiger partial charge in [-0.3, -0.25) is 9.69 Å². The van der Waals surface area contributed by atoms with Crippen molar-refractivity contribution in [3.8, 4) is 11.5 Å². The van der Waals surface area contributed by atoms with E-state index in [1.165, 1.54) is 12.0 Å². The molecule has 0 aromatic heterocycles. The molecule has 0 unspecified atom stereocenters. The standard InChI is InChI=1S/C13H16N2O4/c1-18-10-6-5-9(8-11(10)19-2)14-13(17)15-7-3-4-12(15)16/h5-6,8H,3-4,7H2,1-2H3,(H,14,17). The molecule has 1 fully saturated rings. The molecule has 3 amide bonds. The van der Waals surface area contributed by atoms with Crippen LogP contribution in [0.4, 0.5) is 10.5 Å². The summed E-state index contributed by atoms with van der Waals surface area (Å²) >= 11 is 0. The molecule has 0 radical (unpaired) electrons. The van der Waals surface area contributed by atoms with Gasteiger partial charge in [0.05, 0.1) is 14.2 Å². The first-order valence-corrected chi connectivity index (χ1v) is 5.99. The molecule has 19 heavy (non-hydrogen) atoms. The van der Waals surface area contributed by atoms with Gasteiger partial charge in [-0.05, 0) is 18.6 Å². The Kier molecular flexibility index (Phi) is 3.89. The van der Waals surface area contributed by atoms with Crippen LogP contribution in [0.5, 0.6) is 11.5 Å². The first-order valence-electron chi connectivity index (χ1n) is 5.99. The Bertz CT molecular complexity index is 501. The Morgan fingerprint density at radius 2 is 2.00 bits per heavy atom. The number of imide groups is 1. The second kappa shape index (κ2) is 5.60. The van der Waals surface area contributed by atoms with E-state index in [0.717, 1.165) is 6.42 Å². The molecule has 1 aliphatic rings. The monoisotopic (exact) mass is 264 g/mol. The minimum atomic E-state index is -0.408. The van der Waals surface area contributed by atoms with Gasteiger partial charge in [0.15, 0.2) is 11.5 Å². The van der Waals surface area contributed by atoms with Crippen LogP contribution in [0.3, 0.4) is 0 Å². The highest BCUT2D eigenvalue weighted by atomic mass is 16.5. The van der Waals surface area contributed by atoms with Crippen LogP contribution in [0.2, 0.25) is 0 Å². The number of ether oxygens (including phenoxy) is 2. The lowest BCUT2D eigenvalue weighted by molar-refractivity contribution is -0.125. The first kappa shape index (κ1) is 13.2. The molecule has 0 saturated carbocycles. The van der Waals surface area contributed by atoms with Gasteiger partial charge in [-0.25, -0.2) is 4.79 Å². The molecule has 1 aromatic carbocycles. The van der Waals surface area contributed by atoms with Crippen molar-refractivity contribution in [1.82, 2.24) is 4.90 Å². The van der Waals surface area contributed by atoms with Crippen LogP contribution in [0, 0.1) is 0 Å². The van der Waals surface area contributed by atoms with E-state index in [1.807, 2.05) is 0 Å². The first-order chi connectivity index (χ1) is 9.15. The molecule has 0 aliphatic carbocycles. The second-order valence-corrected chi connectivity index (χ2v) is 4.15. The third kappa shape index (κ3) is 2.78. The number of carbonyl (C=O) groups is 2. The van der Waals surface area contributed by atoms with E-state index in [9.17, 15) is 9.59 Å². The van der Waals surface area contributed by atoms with Gasteiger partial charge in [0.25, 0.3) is 0 Å². The Labute approximate surface area is 111 Å². The molecule has 0 bridgehead atoms. The van der Waals surface area contributed by atoms with Crippen LogP contribution in [-0.2, 0) is 4.79 Å². The quantitative estimate of drug-likeness (QED) is 0.904. The Hall–Kier alpha value is -2.24. The molecule has 1 N–H and O–H groups in total. The predicted molar refractivity (Wildman–Crippen MR) is 69.5 cm³/mol. The summed E-state index contributed by atoms with van der Waals surface area (Å²) in [5, 5.41) is 2.67. The van der Waals surface area contributed by atoms with E-state index in [-0.39, 0.29) is 5.91 Å². The number of hydrogen-bond acceptors (Lipinski definition) is 4. The summed E-state index contributed by atoms with van der Waals surface area (Å²) < 4.78 is 10.3. The van der Waals surface area contributed by atoms with E-state index < -0.39 is 6.03 Å². The number of anilines is 1. The van der Waals surface area contributed by atoms with E-state index in [0.29, 0.717) is 30.2 Å². The third-order valence-corrected chi connectivity index (χ3v) is 2.95. The summed E-state index contributed by atoms with van der Waals surface area (Å²) in [4.78, 5) is 24.6. The minimum Gasteiger partial charge on any atom is -0.493 e. The number of urea groups is 1. The van der Waals surface area contributed by atoms with Gasteiger partial charge in [-0.15, -0.1) is 0 Å². The molecule has 1 aromatic rings. The normalized spacial score (nSPS) is 14.4. The zero-order valence-electron chi connectivity index (χ0n) is 10.9. The molecule has 0 atom stereocenters. The topological polar surface area (TPSA) is 67.9 Å². The SMILES string of the molecule is COc1ccc(NC(=O)N2CCCC2=O)cc1OC. The van der Waals surface area contributed by atoms with Crippen molar-refractivity contribution < 1.29 is 19.1 Å². The summed E-state index contributed by atoms with van der Waals surface area (Å²) in [5.41, 5.74) is 0.558. The molecule has 6 nitrogen and oxygen atoms in total. The number of hydrogen-bond donors (Lipinski definition) is 1. The maximum atomic E-state index is 11.9. The number of amides is 3. The van der Waals surface area contributed by atoms with Crippen LogP contribution in [0.25, 0.3) is 0 Å². The second-order valence-electron chi connectivity index (χ2n) is 4.15. The molecule has 1 aliphatic heterocycles. The predicted octanol–water partition coefficient (Wildman–Crippen LogP) is 1.86. The summed E-state index contributed by atoms with van der Waals surface area (Å²) in [6.45, 7) is 0.470. The highest BCUT2D eigenvalue weighted by molar-refractivity contribution is 6.02. The summed E-state index contributed by atoms with van der Waals surface area (Å²) in [5.74, 6) is 0.962. The number of likely N-dealkylation sites (tertiary alicyclic amines) is 1. The van der Waals surface area contributed by atoms with Crippen molar-refractivity contribution in [2.75, 3.05) is 26.1 Å². The minimum absolute atomic E-state index is 0.141. The van der Waals surface area contributed by atoms with Crippen molar-refractivity contribution in [3.05, 3.63) is 18.2 Å². The average molecular weight is 264 g/mol. The van der Waals surface area contributed by atoms with Gasteiger partial charge in [-0.1, -0.05) is 0 Å². The van der Waals surface area contributed by atoms with Gasteiger partial charge in [-0.2, -0.15) is 0 Å². The maximum Gasteiger partial charge on any atom is 0.328 e.